The van der Waals surface area contributed by atoms with Crippen LogP contribution in [0.5, 0.6) is 11.5 Å². The number of hydrogen-bond donors (Lipinski definition) is 2. The van der Waals surface area contributed by atoms with Crippen LogP contribution in [0, 0.1) is 5.82 Å². The highest BCUT2D eigenvalue weighted by Gasteiger charge is 2.40. The molecule has 2 N–H and O–H groups in total. The second-order valence-corrected chi connectivity index (χ2v) is 8.81. The first-order valence-electron chi connectivity index (χ1n) is 9.97. The summed E-state index contributed by atoms with van der Waals surface area (Å²) in [6.45, 7) is 2.30. The van der Waals surface area contributed by atoms with Crippen LogP contribution in [0.25, 0.3) is 0 Å². The Morgan fingerprint density at radius 2 is 1.91 bits per heavy atom. The second kappa shape index (κ2) is 9.96. The lowest BCUT2D eigenvalue weighted by atomic mass is 10.2. The summed E-state index contributed by atoms with van der Waals surface area (Å²) in [5.41, 5.74) is 4.73. The number of carbonyl (C=O) groups is 2. The SMILES string of the molecule is CCOc1ccc(C(=O)NNC(=O)[C@H]2CCCN2S(=O)(=O)c2ccccc2F)cc1OC. The number of benzene rings is 2. The van der Waals surface area contributed by atoms with Crippen LogP contribution in [0.15, 0.2) is 47.4 Å². The summed E-state index contributed by atoms with van der Waals surface area (Å²) in [7, 11) is -2.78. The molecule has 2 amide bonds. The third-order valence-corrected chi connectivity index (χ3v) is 6.90. The van der Waals surface area contributed by atoms with E-state index in [2.05, 4.69) is 10.9 Å². The Balaban J connectivity index is 1.69. The second-order valence-electron chi connectivity index (χ2n) is 6.95. The number of nitrogens with one attached hydrogen (secondary N) is 2. The molecule has 0 aliphatic carbocycles. The van der Waals surface area contributed by atoms with Gasteiger partial charge in [0, 0.05) is 12.1 Å². The molecule has 11 heteroatoms. The largest absolute Gasteiger partial charge is 0.493 e. The van der Waals surface area contributed by atoms with Crippen molar-refractivity contribution < 1.29 is 31.9 Å². The Morgan fingerprint density at radius 1 is 1.16 bits per heavy atom. The number of rotatable bonds is 7. The minimum absolute atomic E-state index is 0.0682. The Labute approximate surface area is 185 Å². The Hall–Kier alpha value is -3.18. The number of sulfonamides is 1. The smallest absolute Gasteiger partial charge is 0.269 e. The summed E-state index contributed by atoms with van der Waals surface area (Å²) < 4.78 is 51.4. The summed E-state index contributed by atoms with van der Waals surface area (Å²) in [5, 5.41) is 0. The van der Waals surface area contributed by atoms with E-state index in [1.807, 2.05) is 6.92 Å². The molecule has 3 rings (SSSR count). The molecule has 0 bridgehead atoms. The Bertz CT molecular complexity index is 1110. The van der Waals surface area contributed by atoms with E-state index < -0.39 is 38.6 Å². The molecular weight excluding hydrogens is 441 g/mol. The normalized spacial score (nSPS) is 16.4. The third-order valence-electron chi connectivity index (χ3n) is 4.95. The van der Waals surface area contributed by atoms with Gasteiger partial charge in [0.2, 0.25) is 10.0 Å². The molecule has 1 saturated heterocycles. The van der Waals surface area contributed by atoms with Crippen molar-refractivity contribution in [2.75, 3.05) is 20.3 Å². The topological polar surface area (TPSA) is 114 Å². The van der Waals surface area contributed by atoms with Gasteiger partial charge >= 0.3 is 0 Å². The lowest BCUT2D eigenvalue weighted by Gasteiger charge is -2.23. The van der Waals surface area contributed by atoms with E-state index in [0.29, 0.717) is 24.5 Å². The van der Waals surface area contributed by atoms with Crippen LogP contribution < -0.4 is 20.3 Å². The van der Waals surface area contributed by atoms with Crippen LogP contribution in [-0.2, 0) is 14.8 Å². The predicted molar refractivity (Wildman–Crippen MR) is 113 cm³/mol. The van der Waals surface area contributed by atoms with E-state index in [1.165, 1.54) is 31.4 Å². The average Bonchev–Trinajstić information content (AvgIpc) is 3.29. The van der Waals surface area contributed by atoms with Crippen LogP contribution in [0.2, 0.25) is 0 Å². The molecule has 1 aliphatic rings. The van der Waals surface area contributed by atoms with Crippen LogP contribution >= 0.6 is 0 Å². The molecular formula is C21H24FN3O6S. The lowest BCUT2D eigenvalue weighted by molar-refractivity contribution is -0.125. The predicted octanol–water partition coefficient (Wildman–Crippen LogP) is 1.85. The average molecular weight is 466 g/mol. The molecule has 1 fully saturated rings. The molecule has 9 nitrogen and oxygen atoms in total. The van der Waals surface area contributed by atoms with Gasteiger partial charge in [-0.15, -0.1) is 0 Å². The maximum Gasteiger partial charge on any atom is 0.269 e. The number of carbonyl (C=O) groups excluding carboxylic acids is 2. The van der Waals surface area contributed by atoms with E-state index in [1.54, 1.807) is 6.07 Å². The van der Waals surface area contributed by atoms with Crippen molar-refractivity contribution in [2.45, 2.75) is 30.7 Å². The van der Waals surface area contributed by atoms with Crippen molar-refractivity contribution in [3.63, 3.8) is 0 Å². The van der Waals surface area contributed by atoms with Crippen molar-refractivity contribution in [3.8, 4) is 11.5 Å². The number of ether oxygens (including phenoxy) is 2. The van der Waals surface area contributed by atoms with Gasteiger partial charge in [0.25, 0.3) is 11.8 Å². The van der Waals surface area contributed by atoms with Crippen molar-refractivity contribution in [2.24, 2.45) is 0 Å². The van der Waals surface area contributed by atoms with Crippen molar-refractivity contribution in [1.82, 2.24) is 15.2 Å². The summed E-state index contributed by atoms with van der Waals surface area (Å²) in [6.07, 6.45) is 0.669. The van der Waals surface area contributed by atoms with Gasteiger partial charge in [0.1, 0.15) is 16.8 Å². The van der Waals surface area contributed by atoms with Crippen molar-refractivity contribution in [1.29, 1.82) is 0 Å². The molecule has 0 spiro atoms. The molecule has 32 heavy (non-hydrogen) atoms. The van der Waals surface area contributed by atoms with Crippen LogP contribution in [0.1, 0.15) is 30.1 Å². The summed E-state index contributed by atoms with van der Waals surface area (Å²) >= 11 is 0. The van der Waals surface area contributed by atoms with Gasteiger partial charge in [-0.2, -0.15) is 4.31 Å². The fraction of sp³-hybridized carbons (Fsp3) is 0.333. The van der Waals surface area contributed by atoms with Crippen LogP contribution in [0.3, 0.4) is 0 Å². The molecule has 1 aliphatic heterocycles. The van der Waals surface area contributed by atoms with Gasteiger partial charge in [-0.3, -0.25) is 20.4 Å². The highest BCUT2D eigenvalue weighted by molar-refractivity contribution is 7.89. The first kappa shape index (κ1) is 23.5. The first-order valence-corrected chi connectivity index (χ1v) is 11.4. The minimum Gasteiger partial charge on any atom is -0.493 e. The van der Waals surface area contributed by atoms with Crippen molar-refractivity contribution in [3.05, 3.63) is 53.8 Å². The molecule has 0 saturated carbocycles. The lowest BCUT2D eigenvalue weighted by Crippen LogP contribution is -2.51. The van der Waals surface area contributed by atoms with Crippen molar-refractivity contribution >= 4 is 21.8 Å². The quantitative estimate of drug-likeness (QED) is 0.604. The number of halogens is 1. The molecule has 2 aromatic carbocycles. The fourth-order valence-corrected chi connectivity index (χ4v) is 5.15. The molecule has 0 unspecified atom stereocenters. The Morgan fingerprint density at radius 3 is 2.59 bits per heavy atom. The van der Waals surface area contributed by atoms with Gasteiger partial charge < -0.3 is 9.47 Å². The molecule has 0 aromatic heterocycles. The molecule has 0 radical (unpaired) electrons. The number of nitrogens with zero attached hydrogens (tertiary/aromatic N) is 1. The third kappa shape index (κ3) is 4.83. The van der Waals surface area contributed by atoms with Gasteiger partial charge in [-0.1, -0.05) is 12.1 Å². The van der Waals surface area contributed by atoms with Crippen LogP contribution in [-0.4, -0.2) is 50.8 Å². The summed E-state index contributed by atoms with van der Waals surface area (Å²) in [6, 6.07) is 8.44. The highest BCUT2D eigenvalue weighted by Crippen LogP contribution is 2.29. The minimum atomic E-state index is -4.22. The molecule has 2 aromatic rings. The monoisotopic (exact) mass is 465 g/mol. The summed E-state index contributed by atoms with van der Waals surface area (Å²) in [5.74, 6) is -1.41. The van der Waals surface area contributed by atoms with E-state index in [-0.39, 0.29) is 18.5 Å². The molecule has 1 heterocycles. The first-order chi connectivity index (χ1) is 15.3. The Kier molecular flexibility index (Phi) is 7.31. The van der Waals surface area contributed by atoms with Gasteiger partial charge in [-0.05, 0) is 50.1 Å². The summed E-state index contributed by atoms with van der Waals surface area (Å²) in [4.78, 5) is 24.6. The zero-order chi connectivity index (χ0) is 23.3. The van der Waals surface area contributed by atoms with Gasteiger partial charge in [0.15, 0.2) is 11.5 Å². The zero-order valence-corrected chi connectivity index (χ0v) is 18.4. The molecule has 1 atom stereocenters. The van der Waals surface area contributed by atoms with E-state index in [4.69, 9.17) is 9.47 Å². The maximum atomic E-state index is 14.1. The van der Waals surface area contributed by atoms with Gasteiger partial charge in [0.05, 0.1) is 13.7 Å². The highest BCUT2D eigenvalue weighted by atomic mass is 32.2. The maximum absolute atomic E-state index is 14.1. The zero-order valence-electron chi connectivity index (χ0n) is 17.6. The number of hydrogen-bond acceptors (Lipinski definition) is 6. The van der Waals surface area contributed by atoms with E-state index >= 15 is 0 Å². The van der Waals surface area contributed by atoms with E-state index in [0.717, 1.165) is 16.4 Å². The van der Waals surface area contributed by atoms with E-state index in [9.17, 15) is 22.4 Å². The molecule has 172 valence electrons. The number of hydrazine groups is 1. The number of methoxy groups -OCH3 is 1. The van der Waals surface area contributed by atoms with Crippen LogP contribution in [0.4, 0.5) is 4.39 Å². The van der Waals surface area contributed by atoms with Gasteiger partial charge in [-0.25, -0.2) is 12.8 Å². The standard InChI is InChI=1S/C21H24FN3O6S/c1-3-31-17-11-10-14(13-18(17)30-2)20(26)23-24-21(27)16-8-6-12-25(16)32(28,29)19-9-5-4-7-15(19)22/h4-5,7,9-11,13,16H,3,6,8,12H2,1-2H3,(H,23,26)(H,24,27)/t16-/m1/s1. The number of amides is 2. The fourth-order valence-electron chi connectivity index (χ4n) is 3.43.